The number of hydrogen-bond donors (Lipinski definition) is 0. The molecule has 0 fully saturated rings. The fraction of sp³-hybridized carbons (Fsp3) is 0.300. The Bertz CT molecular complexity index is 870. The fourth-order valence-corrected chi connectivity index (χ4v) is 2.94. The quantitative estimate of drug-likeness (QED) is 0.486. The summed E-state index contributed by atoms with van der Waals surface area (Å²) in [5, 5.41) is 0. The molecule has 2 aromatic carbocycles. The van der Waals surface area contributed by atoms with Crippen molar-refractivity contribution in [2.75, 3.05) is 13.7 Å². The van der Waals surface area contributed by atoms with Crippen LogP contribution in [0.4, 0.5) is 0 Å². The molecule has 0 saturated carbocycles. The van der Waals surface area contributed by atoms with Crippen molar-refractivity contribution in [3.05, 3.63) is 65.5 Å². The van der Waals surface area contributed by atoms with Crippen LogP contribution >= 0.6 is 0 Å². The van der Waals surface area contributed by atoms with Gasteiger partial charge in [-0.2, -0.15) is 0 Å². The van der Waals surface area contributed by atoms with Crippen molar-refractivity contribution in [3.63, 3.8) is 0 Å². The van der Waals surface area contributed by atoms with Gasteiger partial charge < -0.3 is 14.0 Å². The van der Waals surface area contributed by atoms with Gasteiger partial charge in [0.2, 0.25) is 0 Å². The van der Waals surface area contributed by atoms with E-state index < -0.39 is 0 Å². The van der Waals surface area contributed by atoms with Gasteiger partial charge in [0, 0.05) is 13.7 Å². The standard InChI is InChI=1S/C20H22N2O3/c1-15-21-18-10-5-6-11-19(18)22(15)12-7-13-25-20(23)17-9-4-3-8-16(17)14-24-2/h3-6,8-11H,7,12-14H2,1-2H3. The minimum Gasteiger partial charge on any atom is -0.462 e. The Morgan fingerprint density at radius 3 is 2.72 bits per heavy atom. The van der Waals surface area contributed by atoms with Crippen LogP contribution in [0.3, 0.4) is 0 Å². The van der Waals surface area contributed by atoms with Crippen LogP contribution in [0, 0.1) is 6.92 Å². The monoisotopic (exact) mass is 338 g/mol. The number of aromatic nitrogens is 2. The van der Waals surface area contributed by atoms with Gasteiger partial charge >= 0.3 is 5.97 Å². The van der Waals surface area contributed by atoms with Gasteiger partial charge in [-0.1, -0.05) is 30.3 Å². The Labute approximate surface area is 147 Å². The average molecular weight is 338 g/mol. The molecule has 5 nitrogen and oxygen atoms in total. The van der Waals surface area contributed by atoms with E-state index in [1.807, 2.05) is 43.3 Å². The van der Waals surface area contributed by atoms with E-state index in [0.717, 1.165) is 35.4 Å². The lowest BCUT2D eigenvalue weighted by Crippen LogP contribution is -2.11. The highest BCUT2D eigenvalue weighted by atomic mass is 16.5. The van der Waals surface area contributed by atoms with Gasteiger partial charge in [0.05, 0.1) is 29.8 Å². The van der Waals surface area contributed by atoms with E-state index in [0.29, 0.717) is 18.8 Å². The molecule has 130 valence electrons. The van der Waals surface area contributed by atoms with Gasteiger partial charge in [0.15, 0.2) is 0 Å². The van der Waals surface area contributed by atoms with E-state index in [-0.39, 0.29) is 5.97 Å². The highest BCUT2D eigenvalue weighted by Crippen LogP contribution is 2.16. The van der Waals surface area contributed by atoms with Crippen LogP contribution in [-0.2, 0) is 22.6 Å². The van der Waals surface area contributed by atoms with Crippen LogP contribution in [-0.4, -0.2) is 29.2 Å². The van der Waals surface area contributed by atoms with Gasteiger partial charge in [-0.15, -0.1) is 0 Å². The molecule has 0 saturated heterocycles. The molecule has 3 rings (SSSR count). The molecule has 0 radical (unpaired) electrons. The normalized spacial score (nSPS) is 11.0. The summed E-state index contributed by atoms with van der Waals surface area (Å²) in [6.07, 6.45) is 0.735. The largest absolute Gasteiger partial charge is 0.462 e. The smallest absolute Gasteiger partial charge is 0.338 e. The number of methoxy groups -OCH3 is 1. The van der Waals surface area contributed by atoms with Crippen LogP contribution in [0.15, 0.2) is 48.5 Å². The third kappa shape index (κ3) is 3.88. The molecule has 3 aromatic rings. The zero-order valence-corrected chi connectivity index (χ0v) is 14.6. The highest BCUT2D eigenvalue weighted by Gasteiger charge is 2.12. The molecule has 0 unspecified atom stereocenters. The SMILES string of the molecule is COCc1ccccc1C(=O)OCCCn1c(C)nc2ccccc21. The fourth-order valence-electron chi connectivity index (χ4n) is 2.94. The summed E-state index contributed by atoms with van der Waals surface area (Å²) in [6.45, 7) is 3.52. The van der Waals surface area contributed by atoms with Gasteiger partial charge in [-0.25, -0.2) is 9.78 Å². The maximum absolute atomic E-state index is 12.3. The van der Waals surface area contributed by atoms with Crippen molar-refractivity contribution < 1.29 is 14.3 Å². The molecular weight excluding hydrogens is 316 g/mol. The summed E-state index contributed by atoms with van der Waals surface area (Å²) in [6, 6.07) is 15.4. The van der Waals surface area contributed by atoms with E-state index >= 15 is 0 Å². The Hall–Kier alpha value is -2.66. The second kappa shape index (κ2) is 7.94. The number of aryl methyl sites for hydroxylation is 2. The molecule has 0 aliphatic rings. The summed E-state index contributed by atoms with van der Waals surface area (Å²) in [7, 11) is 1.61. The number of carbonyl (C=O) groups is 1. The van der Waals surface area contributed by atoms with E-state index in [2.05, 4.69) is 15.6 Å². The van der Waals surface area contributed by atoms with E-state index in [1.54, 1.807) is 13.2 Å². The molecule has 1 aromatic heterocycles. The second-order valence-corrected chi connectivity index (χ2v) is 5.88. The number of carbonyl (C=O) groups excluding carboxylic acids is 1. The van der Waals surface area contributed by atoms with Crippen molar-refractivity contribution >= 4 is 17.0 Å². The zero-order valence-electron chi connectivity index (χ0n) is 14.6. The number of hydrogen-bond acceptors (Lipinski definition) is 4. The third-order valence-corrected chi connectivity index (χ3v) is 4.14. The topological polar surface area (TPSA) is 53.4 Å². The molecule has 0 bridgehead atoms. The lowest BCUT2D eigenvalue weighted by molar-refractivity contribution is 0.0491. The Morgan fingerprint density at radius 1 is 1.12 bits per heavy atom. The molecule has 0 amide bonds. The Morgan fingerprint density at radius 2 is 1.88 bits per heavy atom. The Balaban J connectivity index is 1.58. The molecule has 1 heterocycles. The lowest BCUT2D eigenvalue weighted by Gasteiger charge is -2.10. The number of benzene rings is 2. The van der Waals surface area contributed by atoms with Crippen molar-refractivity contribution in [3.8, 4) is 0 Å². The van der Waals surface area contributed by atoms with Crippen molar-refractivity contribution in [2.45, 2.75) is 26.5 Å². The second-order valence-electron chi connectivity index (χ2n) is 5.88. The van der Waals surface area contributed by atoms with Crippen LogP contribution in [0.25, 0.3) is 11.0 Å². The first-order chi connectivity index (χ1) is 12.2. The average Bonchev–Trinajstić information content (AvgIpc) is 2.94. The van der Waals surface area contributed by atoms with Crippen molar-refractivity contribution in [2.24, 2.45) is 0 Å². The van der Waals surface area contributed by atoms with E-state index in [1.165, 1.54) is 0 Å². The van der Waals surface area contributed by atoms with E-state index in [4.69, 9.17) is 9.47 Å². The zero-order chi connectivity index (χ0) is 17.6. The van der Waals surface area contributed by atoms with Crippen LogP contribution < -0.4 is 0 Å². The first-order valence-corrected chi connectivity index (χ1v) is 8.36. The lowest BCUT2D eigenvalue weighted by atomic mass is 10.1. The number of fused-ring (bicyclic) bond motifs is 1. The maximum Gasteiger partial charge on any atom is 0.338 e. The van der Waals surface area contributed by atoms with Crippen molar-refractivity contribution in [1.82, 2.24) is 9.55 Å². The number of nitrogens with zero attached hydrogens (tertiary/aromatic N) is 2. The van der Waals surface area contributed by atoms with Gasteiger partial charge in [0.25, 0.3) is 0 Å². The van der Waals surface area contributed by atoms with Gasteiger partial charge in [-0.05, 0) is 37.1 Å². The minimum absolute atomic E-state index is 0.306. The molecule has 0 aliphatic carbocycles. The third-order valence-electron chi connectivity index (χ3n) is 4.14. The number of rotatable bonds is 7. The highest BCUT2D eigenvalue weighted by molar-refractivity contribution is 5.91. The van der Waals surface area contributed by atoms with Gasteiger partial charge in [-0.3, -0.25) is 0 Å². The number of imidazole rings is 1. The summed E-state index contributed by atoms with van der Waals surface area (Å²) < 4.78 is 12.7. The molecular formula is C20H22N2O3. The van der Waals surface area contributed by atoms with E-state index in [9.17, 15) is 4.79 Å². The summed E-state index contributed by atoms with van der Waals surface area (Å²) in [5.41, 5.74) is 3.50. The molecule has 0 spiro atoms. The molecule has 5 heteroatoms. The molecule has 0 aliphatic heterocycles. The van der Waals surface area contributed by atoms with Crippen LogP contribution in [0.5, 0.6) is 0 Å². The van der Waals surface area contributed by atoms with Gasteiger partial charge in [0.1, 0.15) is 5.82 Å². The maximum atomic E-state index is 12.3. The summed E-state index contributed by atoms with van der Waals surface area (Å²) >= 11 is 0. The summed E-state index contributed by atoms with van der Waals surface area (Å²) in [4.78, 5) is 16.8. The number of esters is 1. The van der Waals surface area contributed by atoms with Crippen LogP contribution in [0.1, 0.15) is 28.2 Å². The first-order valence-electron chi connectivity index (χ1n) is 8.36. The minimum atomic E-state index is -0.306. The van der Waals surface area contributed by atoms with Crippen molar-refractivity contribution in [1.29, 1.82) is 0 Å². The molecule has 0 N–H and O–H groups in total. The molecule has 25 heavy (non-hydrogen) atoms. The number of ether oxygens (including phenoxy) is 2. The first kappa shape index (κ1) is 17.2. The Kier molecular flexibility index (Phi) is 5.46. The van der Waals surface area contributed by atoms with Crippen LogP contribution in [0.2, 0.25) is 0 Å². The number of para-hydroxylation sites is 2. The summed E-state index contributed by atoms with van der Waals surface area (Å²) in [5.74, 6) is 0.665. The molecule has 0 atom stereocenters. The predicted molar refractivity (Wildman–Crippen MR) is 96.5 cm³/mol. The predicted octanol–water partition coefficient (Wildman–Crippen LogP) is 3.74.